The van der Waals surface area contributed by atoms with Crippen LogP contribution < -0.4 is 0 Å². The van der Waals surface area contributed by atoms with Crippen molar-refractivity contribution in [2.24, 2.45) is 5.41 Å². The van der Waals surface area contributed by atoms with Gasteiger partial charge < -0.3 is 4.74 Å². The van der Waals surface area contributed by atoms with Gasteiger partial charge in [-0.1, -0.05) is 20.3 Å². The quantitative estimate of drug-likeness (QED) is 0.396. The average molecular weight is 210 g/mol. The molecule has 0 aromatic rings. The van der Waals surface area contributed by atoms with Crippen molar-refractivity contribution in [3.63, 3.8) is 0 Å². The second kappa shape index (κ2) is 4.82. The number of carbonyl (C=O) groups is 1. The maximum absolute atomic E-state index is 12.1. The third-order valence-corrected chi connectivity index (χ3v) is 2.89. The Hall–Kier alpha value is -0.790. The van der Waals surface area contributed by atoms with Crippen LogP contribution in [0.1, 0.15) is 53.4 Å². The van der Waals surface area contributed by atoms with Crippen molar-refractivity contribution in [3.05, 3.63) is 11.8 Å². The Morgan fingerprint density at radius 2 is 2.00 bits per heavy atom. The lowest BCUT2D eigenvalue weighted by atomic mass is 9.82. The fourth-order valence-electron chi connectivity index (χ4n) is 1.87. The highest BCUT2D eigenvalue weighted by Crippen LogP contribution is 2.33. The number of hydrogen-bond donors (Lipinski definition) is 0. The van der Waals surface area contributed by atoms with E-state index in [1.807, 2.05) is 27.7 Å². The molecule has 0 saturated heterocycles. The first-order valence-corrected chi connectivity index (χ1v) is 5.83. The first kappa shape index (κ1) is 12.3. The molecule has 0 N–H and O–H groups in total. The molecule has 2 heteroatoms. The highest BCUT2D eigenvalue weighted by molar-refractivity contribution is 5.99. The number of carbonyl (C=O) groups excluding carboxylic acids is 1. The van der Waals surface area contributed by atoms with E-state index in [1.165, 1.54) is 0 Å². The third kappa shape index (κ3) is 3.37. The molecule has 0 unspecified atom stereocenters. The van der Waals surface area contributed by atoms with Gasteiger partial charge in [-0.15, -0.1) is 0 Å². The summed E-state index contributed by atoms with van der Waals surface area (Å²) in [6, 6.07) is 0. The van der Waals surface area contributed by atoms with Crippen molar-refractivity contribution in [3.8, 4) is 0 Å². The molecule has 0 atom stereocenters. The summed E-state index contributed by atoms with van der Waals surface area (Å²) in [5.41, 5.74) is 0.661. The van der Waals surface area contributed by atoms with E-state index in [1.54, 1.807) is 6.26 Å². The normalized spacial score (nSPS) is 24.3. The van der Waals surface area contributed by atoms with Crippen molar-refractivity contribution in [2.75, 3.05) is 0 Å². The summed E-state index contributed by atoms with van der Waals surface area (Å²) in [6.45, 7) is 8.01. The van der Waals surface area contributed by atoms with E-state index in [9.17, 15) is 4.79 Å². The molecule has 0 bridgehead atoms. The van der Waals surface area contributed by atoms with Crippen LogP contribution in [-0.2, 0) is 9.53 Å². The van der Waals surface area contributed by atoms with Crippen LogP contribution >= 0.6 is 0 Å². The molecule has 0 radical (unpaired) electrons. The molecule has 0 amide bonds. The lowest BCUT2D eigenvalue weighted by Crippen LogP contribution is -2.24. The standard InChI is InChI=1S/C13H22O2/c1-10(2)15-9-11-7-5-6-8-13(3,4)12(11)14/h9-10H,5-8H2,1-4H3. The van der Waals surface area contributed by atoms with E-state index < -0.39 is 0 Å². The zero-order valence-corrected chi connectivity index (χ0v) is 10.3. The van der Waals surface area contributed by atoms with Crippen LogP contribution in [0.3, 0.4) is 0 Å². The maximum atomic E-state index is 12.1. The van der Waals surface area contributed by atoms with E-state index in [0.29, 0.717) is 0 Å². The minimum Gasteiger partial charge on any atom is -0.498 e. The van der Waals surface area contributed by atoms with Crippen molar-refractivity contribution >= 4 is 5.78 Å². The van der Waals surface area contributed by atoms with Gasteiger partial charge in [0.15, 0.2) is 5.78 Å². The number of hydrogen-bond acceptors (Lipinski definition) is 2. The van der Waals surface area contributed by atoms with Crippen LogP contribution in [0.2, 0.25) is 0 Å². The summed E-state index contributed by atoms with van der Waals surface area (Å²) < 4.78 is 5.42. The smallest absolute Gasteiger partial charge is 0.167 e. The van der Waals surface area contributed by atoms with Gasteiger partial charge in [0, 0.05) is 11.0 Å². The number of ether oxygens (including phenoxy) is 1. The first-order valence-electron chi connectivity index (χ1n) is 5.83. The summed E-state index contributed by atoms with van der Waals surface area (Å²) >= 11 is 0. The molecule has 2 nitrogen and oxygen atoms in total. The number of ketones is 1. The van der Waals surface area contributed by atoms with Gasteiger partial charge in [0.05, 0.1) is 12.4 Å². The van der Waals surface area contributed by atoms with Crippen LogP contribution in [0.25, 0.3) is 0 Å². The SMILES string of the molecule is CC(C)OC=C1CCCCC(C)(C)C1=O. The molecule has 1 fully saturated rings. The van der Waals surface area contributed by atoms with Crippen molar-refractivity contribution in [2.45, 2.75) is 59.5 Å². The minimum atomic E-state index is -0.206. The first-order chi connectivity index (χ1) is 6.93. The molecule has 0 aromatic carbocycles. The van der Waals surface area contributed by atoms with E-state index in [4.69, 9.17) is 4.74 Å². The Morgan fingerprint density at radius 3 is 2.60 bits per heavy atom. The monoisotopic (exact) mass is 210 g/mol. The highest BCUT2D eigenvalue weighted by Gasteiger charge is 2.32. The van der Waals surface area contributed by atoms with Crippen LogP contribution in [0.4, 0.5) is 0 Å². The van der Waals surface area contributed by atoms with E-state index in [2.05, 4.69) is 0 Å². The summed E-state index contributed by atoms with van der Waals surface area (Å²) in [7, 11) is 0. The molecule has 0 aromatic heterocycles. The fourth-order valence-corrected chi connectivity index (χ4v) is 1.87. The Kier molecular flexibility index (Phi) is 3.95. The summed E-state index contributed by atoms with van der Waals surface area (Å²) in [5, 5.41) is 0. The molecule has 0 aliphatic heterocycles. The van der Waals surface area contributed by atoms with Gasteiger partial charge in [0.1, 0.15) is 0 Å². The Labute approximate surface area is 92.7 Å². The van der Waals surface area contributed by atoms with Crippen LogP contribution in [0.15, 0.2) is 11.8 Å². The van der Waals surface area contributed by atoms with Crippen molar-refractivity contribution < 1.29 is 9.53 Å². The van der Waals surface area contributed by atoms with Crippen LogP contribution in [0, 0.1) is 5.41 Å². The largest absolute Gasteiger partial charge is 0.498 e. The summed E-state index contributed by atoms with van der Waals surface area (Å²) in [5.74, 6) is 0.264. The Balaban J connectivity index is 2.78. The van der Waals surface area contributed by atoms with Gasteiger partial charge in [-0.3, -0.25) is 4.79 Å². The molecule has 1 rings (SSSR count). The van der Waals surface area contributed by atoms with Gasteiger partial charge in [-0.05, 0) is 33.1 Å². The predicted octanol–water partition coefficient (Wildman–Crippen LogP) is 3.46. The average Bonchev–Trinajstić information content (AvgIpc) is 2.26. The maximum Gasteiger partial charge on any atom is 0.167 e. The highest BCUT2D eigenvalue weighted by atomic mass is 16.5. The van der Waals surface area contributed by atoms with E-state index >= 15 is 0 Å². The van der Waals surface area contributed by atoms with Gasteiger partial charge in [0.25, 0.3) is 0 Å². The molecule has 15 heavy (non-hydrogen) atoms. The van der Waals surface area contributed by atoms with Crippen LogP contribution in [-0.4, -0.2) is 11.9 Å². The molecule has 86 valence electrons. The van der Waals surface area contributed by atoms with Gasteiger partial charge in [-0.25, -0.2) is 0 Å². The van der Waals surface area contributed by atoms with Crippen LogP contribution in [0.5, 0.6) is 0 Å². The Morgan fingerprint density at radius 1 is 1.33 bits per heavy atom. The Bertz CT molecular complexity index is 262. The van der Waals surface area contributed by atoms with Crippen molar-refractivity contribution in [1.29, 1.82) is 0 Å². The molecule has 1 saturated carbocycles. The second-order valence-corrected chi connectivity index (χ2v) is 5.25. The lowest BCUT2D eigenvalue weighted by Gasteiger charge is -2.21. The molecule has 0 spiro atoms. The number of Topliss-reactive ketones (excluding diaryl/α,β-unsaturated/α-hetero) is 1. The minimum absolute atomic E-state index is 0.150. The van der Waals surface area contributed by atoms with Gasteiger partial charge in [0.2, 0.25) is 0 Å². The zero-order chi connectivity index (χ0) is 11.5. The molecular formula is C13H22O2. The molecular weight excluding hydrogens is 188 g/mol. The lowest BCUT2D eigenvalue weighted by molar-refractivity contribution is -0.123. The number of rotatable bonds is 2. The summed E-state index contributed by atoms with van der Waals surface area (Å²) in [6.07, 6.45) is 5.93. The van der Waals surface area contributed by atoms with E-state index in [0.717, 1.165) is 31.3 Å². The number of allylic oxidation sites excluding steroid dienone is 1. The second-order valence-electron chi connectivity index (χ2n) is 5.25. The predicted molar refractivity (Wildman–Crippen MR) is 61.6 cm³/mol. The zero-order valence-electron chi connectivity index (χ0n) is 10.3. The third-order valence-electron chi connectivity index (χ3n) is 2.89. The molecule has 0 heterocycles. The van der Waals surface area contributed by atoms with Gasteiger partial charge in [-0.2, -0.15) is 0 Å². The molecule has 1 aliphatic rings. The van der Waals surface area contributed by atoms with E-state index in [-0.39, 0.29) is 17.3 Å². The fraction of sp³-hybridized carbons (Fsp3) is 0.769. The summed E-state index contributed by atoms with van der Waals surface area (Å²) in [4.78, 5) is 12.1. The van der Waals surface area contributed by atoms with Crippen molar-refractivity contribution in [1.82, 2.24) is 0 Å². The topological polar surface area (TPSA) is 26.3 Å². The molecule has 1 aliphatic carbocycles. The van der Waals surface area contributed by atoms with Gasteiger partial charge >= 0.3 is 0 Å².